The number of rotatable bonds is 2. The molecule has 0 N–H and O–H groups in total. The predicted molar refractivity (Wildman–Crippen MR) is 93.0 cm³/mol. The number of benzene rings is 2. The summed E-state index contributed by atoms with van der Waals surface area (Å²) >= 11 is 0. The third kappa shape index (κ3) is 2.59. The van der Waals surface area contributed by atoms with Crippen LogP contribution >= 0.6 is 0 Å². The number of aryl methyl sites for hydroxylation is 1. The van der Waals surface area contributed by atoms with Gasteiger partial charge in [-0.15, -0.1) is 0 Å². The van der Waals surface area contributed by atoms with Crippen molar-refractivity contribution < 1.29 is 4.42 Å². The Morgan fingerprint density at radius 3 is 1.73 bits per heavy atom. The van der Waals surface area contributed by atoms with Crippen LogP contribution < -0.4 is 0 Å². The first-order valence-corrected chi connectivity index (χ1v) is 7.73. The Balaban J connectivity index is 2.33. The van der Waals surface area contributed by atoms with Gasteiger partial charge in [0, 0.05) is 16.7 Å². The highest BCUT2D eigenvalue weighted by Gasteiger charge is 2.28. The van der Waals surface area contributed by atoms with Gasteiger partial charge in [-0.3, -0.25) is 0 Å². The van der Waals surface area contributed by atoms with Gasteiger partial charge in [0.15, 0.2) is 0 Å². The van der Waals surface area contributed by atoms with Gasteiger partial charge < -0.3 is 4.42 Å². The summed E-state index contributed by atoms with van der Waals surface area (Å²) in [5.74, 6) is 1.97. The first-order chi connectivity index (χ1) is 10.5. The summed E-state index contributed by atoms with van der Waals surface area (Å²) in [7, 11) is 0. The molecule has 0 unspecified atom stereocenters. The van der Waals surface area contributed by atoms with E-state index in [1.807, 2.05) is 6.07 Å². The van der Waals surface area contributed by atoms with E-state index in [0.29, 0.717) is 0 Å². The molecule has 3 aromatic rings. The summed E-state index contributed by atoms with van der Waals surface area (Å²) in [5.41, 5.74) is 4.88. The van der Waals surface area contributed by atoms with Crippen LogP contribution in [0.3, 0.4) is 0 Å². The van der Waals surface area contributed by atoms with E-state index in [2.05, 4.69) is 82.3 Å². The molecule has 1 nitrogen and oxygen atoms in total. The fourth-order valence-corrected chi connectivity index (χ4v) is 3.12. The SMILES string of the molecule is Cc1oc(-c2ccccc2)c(-c2ccccc2)c1C(C)(C)C. The summed E-state index contributed by atoms with van der Waals surface area (Å²) in [6.07, 6.45) is 0. The van der Waals surface area contributed by atoms with E-state index in [-0.39, 0.29) is 5.41 Å². The molecule has 1 aromatic heterocycles. The summed E-state index contributed by atoms with van der Waals surface area (Å²) in [5, 5.41) is 0. The van der Waals surface area contributed by atoms with Gasteiger partial charge in [-0.1, -0.05) is 81.4 Å². The lowest BCUT2D eigenvalue weighted by molar-refractivity contribution is 0.515. The Morgan fingerprint density at radius 2 is 1.23 bits per heavy atom. The zero-order chi connectivity index (χ0) is 15.7. The molecule has 0 spiro atoms. The second-order valence-corrected chi connectivity index (χ2v) is 6.72. The van der Waals surface area contributed by atoms with Gasteiger partial charge in [-0.25, -0.2) is 0 Å². The largest absolute Gasteiger partial charge is 0.460 e. The Morgan fingerprint density at radius 1 is 0.727 bits per heavy atom. The molecule has 0 saturated carbocycles. The lowest BCUT2D eigenvalue weighted by Crippen LogP contribution is -2.12. The van der Waals surface area contributed by atoms with Gasteiger partial charge in [0.2, 0.25) is 0 Å². The third-order valence-electron chi connectivity index (χ3n) is 3.93. The fraction of sp³-hybridized carbons (Fsp3) is 0.238. The van der Waals surface area contributed by atoms with Crippen LogP contribution in [-0.2, 0) is 5.41 Å². The normalized spacial score (nSPS) is 11.6. The van der Waals surface area contributed by atoms with E-state index in [9.17, 15) is 0 Å². The fourth-order valence-electron chi connectivity index (χ4n) is 3.12. The molecule has 0 aliphatic carbocycles. The maximum atomic E-state index is 6.21. The highest BCUT2D eigenvalue weighted by atomic mass is 16.3. The monoisotopic (exact) mass is 290 g/mol. The molecule has 0 aliphatic heterocycles. The van der Waals surface area contributed by atoms with E-state index < -0.39 is 0 Å². The second kappa shape index (κ2) is 5.49. The molecule has 112 valence electrons. The third-order valence-corrected chi connectivity index (χ3v) is 3.93. The van der Waals surface area contributed by atoms with Crippen LogP contribution in [0.15, 0.2) is 65.1 Å². The van der Waals surface area contributed by atoms with E-state index in [4.69, 9.17) is 4.42 Å². The zero-order valence-corrected chi connectivity index (χ0v) is 13.7. The molecule has 0 amide bonds. The maximum absolute atomic E-state index is 6.21. The molecule has 0 fully saturated rings. The van der Waals surface area contributed by atoms with Gasteiger partial charge in [0.25, 0.3) is 0 Å². The number of furan rings is 1. The molecule has 1 heteroatoms. The molecule has 2 aromatic carbocycles. The van der Waals surface area contributed by atoms with Crippen LogP contribution in [0.2, 0.25) is 0 Å². The maximum Gasteiger partial charge on any atom is 0.142 e. The molecular weight excluding hydrogens is 268 g/mol. The minimum atomic E-state index is 0.0335. The van der Waals surface area contributed by atoms with Gasteiger partial charge in [0.1, 0.15) is 11.5 Å². The van der Waals surface area contributed by atoms with Crippen LogP contribution in [0.1, 0.15) is 32.1 Å². The molecular formula is C21H22O. The molecule has 0 saturated heterocycles. The van der Waals surface area contributed by atoms with Crippen LogP contribution in [-0.4, -0.2) is 0 Å². The van der Waals surface area contributed by atoms with Crippen molar-refractivity contribution >= 4 is 0 Å². The van der Waals surface area contributed by atoms with Crippen LogP contribution in [0.4, 0.5) is 0 Å². The van der Waals surface area contributed by atoms with E-state index >= 15 is 0 Å². The molecule has 0 bridgehead atoms. The van der Waals surface area contributed by atoms with Crippen LogP contribution in [0, 0.1) is 6.92 Å². The lowest BCUT2D eigenvalue weighted by atomic mass is 9.81. The number of hydrogen-bond donors (Lipinski definition) is 0. The van der Waals surface area contributed by atoms with Gasteiger partial charge >= 0.3 is 0 Å². The van der Waals surface area contributed by atoms with Gasteiger partial charge in [0.05, 0.1) is 0 Å². The average molecular weight is 290 g/mol. The van der Waals surface area contributed by atoms with Crippen LogP contribution in [0.5, 0.6) is 0 Å². The first-order valence-electron chi connectivity index (χ1n) is 7.73. The Bertz CT molecular complexity index is 759. The van der Waals surface area contributed by atoms with Crippen molar-refractivity contribution in [3.63, 3.8) is 0 Å². The molecule has 0 atom stereocenters. The predicted octanol–water partition coefficient (Wildman–Crippen LogP) is 6.22. The average Bonchev–Trinajstić information content (AvgIpc) is 2.86. The van der Waals surface area contributed by atoms with Crippen LogP contribution in [0.25, 0.3) is 22.5 Å². The summed E-state index contributed by atoms with van der Waals surface area (Å²) < 4.78 is 6.21. The quantitative estimate of drug-likeness (QED) is 0.546. The number of hydrogen-bond acceptors (Lipinski definition) is 1. The van der Waals surface area contributed by atoms with Crippen molar-refractivity contribution in [2.75, 3.05) is 0 Å². The second-order valence-electron chi connectivity index (χ2n) is 6.72. The Labute approximate surface area is 132 Å². The van der Waals surface area contributed by atoms with Gasteiger partial charge in [-0.2, -0.15) is 0 Å². The standard InChI is InChI=1S/C21H22O/c1-15-19(21(2,3)4)18(16-11-7-5-8-12-16)20(22-15)17-13-9-6-10-14-17/h5-14H,1-4H3. The van der Waals surface area contributed by atoms with Crippen molar-refractivity contribution in [1.29, 1.82) is 0 Å². The van der Waals surface area contributed by atoms with E-state index in [1.165, 1.54) is 16.7 Å². The summed E-state index contributed by atoms with van der Waals surface area (Å²) in [6.45, 7) is 8.80. The van der Waals surface area contributed by atoms with E-state index in [0.717, 1.165) is 17.1 Å². The lowest BCUT2D eigenvalue weighted by Gasteiger charge is -2.20. The smallest absolute Gasteiger partial charge is 0.142 e. The first kappa shape index (κ1) is 14.6. The van der Waals surface area contributed by atoms with Gasteiger partial charge in [-0.05, 0) is 17.9 Å². The Hall–Kier alpha value is -2.28. The Kier molecular flexibility index (Phi) is 3.66. The highest BCUT2D eigenvalue weighted by Crippen LogP contribution is 2.44. The molecule has 0 aliphatic rings. The summed E-state index contributed by atoms with van der Waals surface area (Å²) in [4.78, 5) is 0. The molecule has 0 radical (unpaired) electrons. The minimum Gasteiger partial charge on any atom is -0.460 e. The van der Waals surface area contributed by atoms with Crippen molar-refractivity contribution in [2.45, 2.75) is 33.1 Å². The van der Waals surface area contributed by atoms with Crippen molar-refractivity contribution in [2.24, 2.45) is 0 Å². The van der Waals surface area contributed by atoms with E-state index in [1.54, 1.807) is 0 Å². The molecule has 22 heavy (non-hydrogen) atoms. The summed E-state index contributed by atoms with van der Waals surface area (Å²) in [6, 6.07) is 20.9. The minimum absolute atomic E-state index is 0.0335. The molecule has 1 heterocycles. The highest BCUT2D eigenvalue weighted by molar-refractivity contribution is 5.84. The molecule has 3 rings (SSSR count). The van der Waals surface area contributed by atoms with Crippen molar-refractivity contribution in [3.8, 4) is 22.5 Å². The van der Waals surface area contributed by atoms with Crippen molar-refractivity contribution in [1.82, 2.24) is 0 Å². The van der Waals surface area contributed by atoms with Crippen molar-refractivity contribution in [3.05, 3.63) is 72.0 Å². The topological polar surface area (TPSA) is 13.1 Å². The zero-order valence-electron chi connectivity index (χ0n) is 13.7.